The van der Waals surface area contributed by atoms with Gasteiger partial charge in [-0.2, -0.15) is 0 Å². The Morgan fingerprint density at radius 1 is 0.952 bits per heavy atom. The van der Waals surface area contributed by atoms with Crippen LogP contribution in [-0.4, -0.2) is 57.6 Å². The Hall–Kier alpha value is -3.27. The first-order valence-corrected chi connectivity index (χ1v) is 16.3. The number of nitrogens with zero attached hydrogens (tertiary/aromatic N) is 2. The first-order chi connectivity index (χ1) is 20.0. The van der Waals surface area contributed by atoms with Gasteiger partial charge in [-0.1, -0.05) is 78.7 Å². The molecule has 3 rings (SSSR count). The largest absolute Gasteiger partial charge is 0.495 e. The van der Waals surface area contributed by atoms with Gasteiger partial charge in [0.05, 0.1) is 29.1 Å². The lowest BCUT2D eigenvalue weighted by Crippen LogP contribution is -2.50. The zero-order valence-electron chi connectivity index (χ0n) is 24.1. The Morgan fingerprint density at radius 2 is 1.64 bits per heavy atom. The topological polar surface area (TPSA) is 96.0 Å². The zero-order valence-corrected chi connectivity index (χ0v) is 26.4. The molecule has 3 aromatic rings. The molecule has 0 aliphatic carbocycles. The molecule has 2 amide bonds. The van der Waals surface area contributed by atoms with Crippen LogP contribution < -0.4 is 14.4 Å². The number of nitrogens with one attached hydrogen (secondary N) is 1. The van der Waals surface area contributed by atoms with Crippen molar-refractivity contribution in [3.8, 4) is 5.75 Å². The molecule has 0 bridgehead atoms. The van der Waals surface area contributed by atoms with Crippen LogP contribution in [0.2, 0.25) is 10.0 Å². The highest BCUT2D eigenvalue weighted by Gasteiger charge is 2.30. The Balaban J connectivity index is 1.91. The summed E-state index contributed by atoms with van der Waals surface area (Å²) in [6.07, 6.45) is 2.39. The molecule has 0 saturated heterocycles. The highest BCUT2D eigenvalue weighted by Crippen LogP contribution is 2.30. The minimum absolute atomic E-state index is 0.00877. The molecule has 0 aromatic heterocycles. The van der Waals surface area contributed by atoms with Crippen molar-refractivity contribution >= 4 is 50.7 Å². The van der Waals surface area contributed by atoms with Gasteiger partial charge in [-0.05, 0) is 48.2 Å². The van der Waals surface area contributed by atoms with Crippen LogP contribution in [0.25, 0.3) is 0 Å². The molecule has 1 atom stereocenters. The molecule has 8 nitrogen and oxygen atoms in total. The van der Waals surface area contributed by atoms with Gasteiger partial charge < -0.3 is 15.0 Å². The normalized spacial score (nSPS) is 11.9. The van der Waals surface area contributed by atoms with Crippen LogP contribution >= 0.6 is 23.2 Å². The van der Waals surface area contributed by atoms with Gasteiger partial charge in [-0.3, -0.25) is 13.9 Å². The summed E-state index contributed by atoms with van der Waals surface area (Å²) in [6, 6.07) is 20.6. The highest BCUT2D eigenvalue weighted by molar-refractivity contribution is 7.92. The van der Waals surface area contributed by atoms with Crippen molar-refractivity contribution < 1.29 is 22.7 Å². The van der Waals surface area contributed by atoms with Crippen molar-refractivity contribution in [1.29, 1.82) is 0 Å². The fraction of sp³-hybridized carbons (Fsp3) is 0.355. The first-order valence-electron chi connectivity index (χ1n) is 13.7. The Bertz CT molecular complexity index is 1450. The van der Waals surface area contributed by atoms with E-state index in [4.69, 9.17) is 27.9 Å². The molecular weight excluding hydrogens is 597 g/mol. The SMILES string of the molecule is CCCNC(=O)[C@@H](Cc1ccccc1)N(Cc1ccc(Cl)c(Cl)c1)C(=O)CCCN(c1ccccc1OC)S(C)(=O)=O. The van der Waals surface area contributed by atoms with Gasteiger partial charge in [0.2, 0.25) is 21.8 Å². The van der Waals surface area contributed by atoms with Crippen LogP contribution in [0.3, 0.4) is 0 Å². The summed E-state index contributed by atoms with van der Waals surface area (Å²) in [6.45, 7) is 2.60. The van der Waals surface area contributed by atoms with E-state index < -0.39 is 16.1 Å². The Morgan fingerprint density at radius 3 is 2.29 bits per heavy atom. The summed E-state index contributed by atoms with van der Waals surface area (Å²) in [5.74, 6) is -0.144. The lowest BCUT2D eigenvalue weighted by molar-refractivity contribution is -0.141. The second-order valence-corrected chi connectivity index (χ2v) is 12.6. The van der Waals surface area contributed by atoms with Gasteiger partial charge in [0.25, 0.3) is 0 Å². The predicted octanol–water partition coefficient (Wildman–Crippen LogP) is 5.71. The van der Waals surface area contributed by atoms with Crippen molar-refractivity contribution in [3.63, 3.8) is 0 Å². The van der Waals surface area contributed by atoms with Crippen LogP contribution in [0.1, 0.15) is 37.3 Å². The minimum Gasteiger partial charge on any atom is -0.495 e. The average Bonchev–Trinajstić information content (AvgIpc) is 2.97. The molecule has 11 heteroatoms. The number of hydrogen-bond acceptors (Lipinski definition) is 5. The van der Waals surface area contributed by atoms with Crippen molar-refractivity contribution in [2.45, 2.75) is 45.2 Å². The molecule has 42 heavy (non-hydrogen) atoms. The average molecular weight is 635 g/mol. The molecule has 226 valence electrons. The van der Waals surface area contributed by atoms with Gasteiger partial charge in [0, 0.05) is 32.5 Å². The van der Waals surface area contributed by atoms with Gasteiger partial charge in [-0.25, -0.2) is 8.42 Å². The lowest BCUT2D eigenvalue weighted by Gasteiger charge is -2.32. The molecule has 3 aromatic carbocycles. The van der Waals surface area contributed by atoms with Gasteiger partial charge in [0.15, 0.2) is 0 Å². The van der Waals surface area contributed by atoms with Crippen LogP contribution in [-0.2, 0) is 32.6 Å². The number of carbonyl (C=O) groups is 2. The van der Waals surface area contributed by atoms with Crippen molar-refractivity contribution in [3.05, 3.63) is 94.0 Å². The number of rotatable bonds is 15. The van der Waals surface area contributed by atoms with Crippen LogP contribution in [0.5, 0.6) is 5.75 Å². The summed E-state index contributed by atoms with van der Waals surface area (Å²) in [5, 5.41) is 3.67. The first kappa shape index (κ1) is 33.2. The summed E-state index contributed by atoms with van der Waals surface area (Å²) in [5.41, 5.74) is 2.01. The Labute approximate surface area is 258 Å². The number of hydrogen-bond donors (Lipinski definition) is 1. The van der Waals surface area contributed by atoms with Crippen molar-refractivity contribution in [2.24, 2.45) is 0 Å². The molecule has 1 N–H and O–H groups in total. The van der Waals surface area contributed by atoms with Crippen molar-refractivity contribution in [1.82, 2.24) is 10.2 Å². The van der Waals surface area contributed by atoms with Crippen LogP contribution in [0.15, 0.2) is 72.8 Å². The van der Waals surface area contributed by atoms with E-state index in [0.717, 1.165) is 18.2 Å². The van der Waals surface area contributed by atoms with E-state index in [0.29, 0.717) is 40.0 Å². The van der Waals surface area contributed by atoms with Gasteiger partial charge in [0.1, 0.15) is 11.8 Å². The van der Waals surface area contributed by atoms with Crippen LogP contribution in [0.4, 0.5) is 5.69 Å². The smallest absolute Gasteiger partial charge is 0.243 e. The minimum atomic E-state index is -3.67. The summed E-state index contributed by atoms with van der Waals surface area (Å²) in [4.78, 5) is 28.9. The molecule has 0 aliphatic rings. The number of methoxy groups -OCH3 is 1. The number of amides is 2. The maximum Gasteiger partial charge on any atom is 0.243 e. The third kappa shape index (κ3) is 9.37. The molecular formula is C31H37Cl2N3O5S. The molecule has 0 heterocycles. The number of sulfonamides is 1. The van der Waals surface area contributed by atoms with E-state index in [1.807, 2.05) is 37.3 Å². The van der Waals surface area contributed by atoms with E-state index in [9.17, 15) is 18.0 Å². The molecule has 0 spiro atoms. The zero-order chi connectivity index (χ0) is 30.7. The monoisotopic (exact) mass is 633 g/mol. The Kier molecular flexibility index (Phi) is 12.5. The molecule has 0 fully saturated rings. The maximum absolute atomic E-state index is 13.9. The van der Waals surface area contributed by atoms with E-state index >= 15 is 0 Å². The van der Waals surface area contributed by atoms with Gasteiger partial charge >= 0.3 is 0 Å². The van der Waals surface area contributed by atoms with E-state index in [2.05, 4.69) is 5.32 Å². The predicted molar refractivity (Wildman–Crippen MR) is 169 cm³/mol. The third-order valence-electron chi connectivity index (χ3n) is 6.66. The third-order valence-corrected chi connectivity index (χ3v) is 8.58. The molecule has 0 aliphatic heterocycles. The van der Waals surface area contributed by atoms with E-state index in [1.54, 1.807) is 47.4 Å². The molecule has 0 radical (unpaired) electrons. The standard InChI is InChI=1S/C31H37Cl2N3O5S/c1-4-18-34-31(38)28(21-23-11-6-5-7-12-23)35(22-24-16-17-25(32)26(33)20-24)30(37)15-10-19-36(42(3,39)40)27-13-8-9-14-29(27)41-2/h5-9,11-14,16-17,20,28H,4,10,15,18-19,21-22H2,1-3H3,(H,34,38)/t28-/m1/s1. The second kappa shape index (κ2) is 15.8. The number of anilines is 1. The number of halogens is 2. The van der Waals surface area contributed by atoms with E-state index in [1.165, 1.54) is 11.4 Å². The lowest BCUT2D eigenvalue weighted by atomic mass is 10.0. The molecule has 0 unspecified atom stereocenters. The fourth-order valence-electron chi connectivity index (χ4n) is 4.57. The number of ether oxygens (including phenoxy) is 1. The fourth-order valence-corrected chi connectivity index (χ4v) is 5.86. The highest BCUT2D eigenvalue weighted by atomic mass is 35.5. The number of benzene rings is 3. The van der Waals surface area contributed by atoms with Crippen LogP contribution in [0, 0.1) is 0 Å². The van der Waals surface area contributed by atoms with Gasteiger partial charge in [-0.15, -0.1) is 0 Å². The maximum atomic E-state index is 13.9. The molecule has 0 saturated carbocycles. The number of para-hydroxylation sites is 2. The summed E-state index contributed by atoms with van der Waals surface area (Å²) in [7, 11) is -2.20. The quantitative estimate of drug-likeness (QED) is 0.231. The number of carbonyl (C=O) groups excluding carboxylic acids is 2. The van der Waals surface area contributed by atoms with E-state index in [-0.39, 0.29) is 37.7 Å². The summed E-state index contributed by atoms with van der Waals surface area (Å²) < 4.78 is 32.0. The van der Waals surface area contributed by atoms with Crippen molar-refractivity contribution in [2.75, 3.05) is 30.8 Å². The second-order valence-electron chi connectivity index (χ2n) is 9.88. The summed E-state index contributed by atoms with van der Waals surface area (Å²) >= 11 is 12.4.